The molecule has 0 spiro atoms. The Hall–Kier alpha value is -1.33. The van der Waals surface area contributed by atoms with E-state index in [1.165, 1.54) is 0 Å². The van der Waals surface area contributed by atoms with E-state index in [1.54, 1.807) is 22.9 Å². The second-order valence-corrected chi connectivity index (χ2v) is 5.34. The van der Waals surface area contributed by atoms with Crippen molar-refractivity contribution in [1.29, 1.82) is 0 Å². The predicted octanol–water partition coefficient (Wildman–Crippen LogP) is 3.88. The van der Waals surface area contributed by atoms with Crippen molar-refractivity contribution in [3.05, 3.63) is 45.3 Å². The molecule has 0 aromatic carbocycles. The molecule has 6 heteroatoms. The van der Waals surface area contributed by atoms with Crippen LogP contribution >= 0.6 is 27.5 Å². The zero-order valence-corrected chi connectivity index (χ0v) is 12.9. The highest BCUT2D eigenvalue weighted by atomic mass is 79.9. The van der Waals surface area contributed by atoms with Gasteiger partial charge in [0.1, 0.15) is 11.5 Å². The minimum absolute atomic E-state index is 0.219. The molecule has 0 aliphatic carbocycles. The molecule has 2 rings (SSSR count). The summed E-state index contributed by atoms with van der Waals surface area (Å²) in [5.41, 5.74) is 1.34. The molecule has 2 aromatic rings. The molecule has 4 nitrogen and oxygen atoms in total. The summed E-state index contributed by atoms with van der Waals surface area (Å²) in [6.45, 7) is 4.50. The molecule has 0 radical (unpaired) electrons. The van der Waals surface area contributed by atoms with Gasteiger partial charge >= 0.3 is 0 Å². The third-order valence-electron chi connectivity index (χ3n) is 2.70. The Morgan fingerprint density at radius 1 is 1.53 bits per heavy atom. The molecule has 1 amide bonds. The lowest BCUT2D eigenvalue weighted by molar-refractivity contribution is 0.101. The molecule has 0 bridgehead atoms. The minimum atomic E-state index is -0.219. The van der Waals surface area contributed by atoms with Gasteiger partial charge in [0.2, 0.25) is 0 Å². The van der Waals surface area contributed by atoms with Crippen LogP contribution in [-0.2, 0) is 6.54 Å². The number of hydrogen-bond acceptors (Lipinski definition) is 2. The number of anilines is 1. The Kier molecular flexibility index (Phi) is 4.27. The summed E-state index contributed by atoms with van der Waals surface area (Å²) in [6, 6.07) is 5.24. The molecule has 19 heavy (non-hydrogen) atoms. The molecule has 2 aromatic heterocycles. The summed E-state index contributed by atoms with van der Waals surface area (Å²) in [6.07, 6.45) is 1.73. The van der Waals surface area contributed by atoms with Crippen molar-refractivity contribution in [1.82, 2.24) is 9.55 Å². The first-order valence-corrected chi connectivity index (χ1v) is 6.98. The number of aromatic nitrogens is 2. The number of rotatable bonds is 3. The van der Waals surface area contributed by atoms with Crippen LogP contribution in [-0.4, -0.2) is 15.5 Å². The standard InChI is InChI=1S/C13H13BrClN3O/c1-3-18-7-9(15)6-11(18)13(19)17-12-5-4-10(14)8(2)16-12/h4-7H,3H2,1-2H3,(H,16,17,19). The van der Waals surface area contributed by atoms with Gasteiger partial charge in [0, 0.05) is 17.2 Å². The van der Waals surface area contributed by atoms with E-state index in [2.05, 4.69) is 26.2 Å². The smallest absolute Gasteiger partial charge is 0.273 e. The van der Waals surface area contributed by atoms with Crippen LogP contribution in [0.15, 0.2) is 28.9 Å². The van der Waals surface area contributed by atoms with Gasteiger partial charge in [-0.25, -0.2) is 4.98 Å². The van der Waals surface area contributed by atoms with Gasteiger partial charge in [-0.1, -0.05) is 11.6 Å². The lowest BCUT2D eigenvalue weighted by Gasteiger charge is -2.08. The van der Waals surface area contributed by atoms with Crippen LogP contribution in [0.5, 0.6) is 0 Å². The van der Waals surface area contributed by atoms with Crippen LogP contribution in [0.25, 0.3) is 0 Å². The lowest BCUT2D eigenvalue weighted by Crippen LogP contribution is -2.17. The molecular formula is C13H13BrClN3O. The molecule has 0 fully saturated rings. The Morgan fingerprint density at radius 3 is 2.89 bits per heavy atom. The monoisotopic (exact) mass is 341 g/mol. The van der Waals surface area contributed by atoms with Crippen LogP contribution < -0.4 is 5.32 Å². The van der Waals surface area contributed by atoms with Gasteiger partial charge in [-0.05, 0) is 48.0 Å². The van der Waals surface area contributed by atoms with Crippen molar-refractivity contribution < 1.29 is 4.79 Å². The third kappa shape index (κ3) is 3.16. The van der Waals surface area contributed by atoms with Crippen molar-refractivity contribution in [2.45, 2.75) is 20.4 Å². The van der Waals surface area contributed by atoms with Gasteiger partial charge in [0.15, 0.2) is 0 Å². The summed E-state index contributed by atoms with van der Waals surface area (Å²) in [4.78, 5) is 16.4. The number of aryl methyl sites for hydroxylation is 2. The third-order valence-corrected chi connectivity index (χ3v) is 3.74. The van der Waals surface area contributed by atoms with E-state index in [0.29, 0.717) is 23.1 Å². The molecule has 0 atom stereocenters. The molecule has 0 saturated carbocycles. The first-order chi connectivity index (χ1) is 9.01. The summed E-state index contributed by atoms with van der Waals surface area (Å²) < 4.78 is 2.70. The molecule has 0 unspecified atom stereocenters. The summed E-state index contributed by atoms with van der Waals surface area (Å²) in [5.74, 6) is 0.300. The second-order valence-electron chi connectivity index (χ2n) is 4.05. The van der Waals surface area contributed by atoms with Gasteiger partial charge in [-0.2, -0.15) is 0 Å². The number of amides is 1. The van der Waals surface area contributed by atoms with Gasteiger partial charge in [-0.15, -0.1) is 0 Å². The van der Waals surface area contributed by atoms with Crippen molar-refractivity contribution in [2.75, 3.05) is 5.32 Å². The van der Waals surface area contributed by atoms with Crippen molar-refractivity contribution >= 4 is 39.3 Å². The Bertz CT molecular complexity index is 624. The molecule has 1 N–H and O–H groups in total. The predicted molar refractivity (Wildman–Crippen MR) is 79.7 cm³/mol. The first kappa shape index (κ1) is 14.1. The second kappa shape index (κ2) is 5.75. The van der Waals surface area contributed by atoms with E-state index in [9.17, 15) is 4.79 Å². The fraction of sp³-hybridized carbons (Fsp3) is 0.231. The van der Waals surface area contributed by atoms with Crippen LogP contribution in [0, 0.1) is 6.92 Å². The van der Waals surface area contributed by atoms with E-state index in [-0.39, 0.29) is 5.91 Å². The first-order valence-electron chi connectivity index (χ1n) is 5.81. The van der Waals surface area contributed by atoms with Gasteiger partial charge in [0.25, 0.3) is 5.91 Å². The number of carbonyl (C=O) groups excluding carboxylic acids is 1. The lowest BCUT2D eigenvalue weighted by atomic mass is 10.3. The average molecular weight is 343 g/mol. The number of nitrogens with zero attached hydrogens (tertiary/aromatic N) is 2. The average Bonchev–Trinajstić information content (AvgIpc) is 2.75. The fourth-order valence-electron chi connectivity index (χ4n) is 1.72. The Labute approximate surface area is 124 Å². The van der Waals surface area contributed by atoms with E-state index in [1.807, 2.05) is 19.9 Å². The number of hydrogen-bond donors (Lipinski definition) is 1. The number of nitrogens with one attached hydrogen (secondary N) is 1. The maximum Gasteiger partial charge on any atom is 0.273 e. The van der Waals surface area contributed by atoms with Crippen LogP contribution in [0.1, 0.15) is 23.1 Å². The summed E-state index contributed by atoms with van der Waals surface area (Å²) in [5, 5.41) is 3.31. The van der Waals surface area contributed by atoms with E-state index in [4.69, 9.17) is 11.6 Å². The maximum atomic E-state index is 12.2. The van der Waals surface area contributed by atoms with Gasteiger partial charge in [0.05, 0.1) is 10.7 Å². The number of carbonyl (C=O) groups is 1. The Balaban J connectivity index is 2.22. The number of pyridine rings is 1. The molecule has 100 valence electrons. The molecule has 0 aliphatic heterocycles. The normalized spacial score (nSPS) is 10.5. The molecule has 0 saturated heterocycles. The number of halogens is 2. The van der Waals surface area contributed by atoms with Gasteiger partial charge < -0.3 is 9.88 Å². The SMILES string of the molecule is CCn1cc(Cl)cc1C(=O)Nc1ccc(Br)c(C)n1. The highest BCUT2D eigenvalue weighted by Gasteiger charge is 2.13. The highest BCUT2D eigenvalue weighted by Crippen LogP contribution is 2.18. The zero-order valence-electron chi connectivity index (χ0n) is 10.6. The van der Waals surface area contributed by atoms with Crippen LogP contribution in [0.4, 0.5) is 5.82 Å². The maximum absolute atomic E-state index is 12.2. The van der Waals surface area contributed by atoms with E-state index < -0.39 is 0 Å². The van der Waals surface area contributed by atoms with Crippen molar-refractivity contribution in [3.63, 3.8) is 0 Å². The van der Waals surface area contributed by atoms with E-state index >= 15 is 0 Å². The topological polar surface area (TPSA) is 46.9 Å². The van der Waals surface area contributed by atoms with E-state index in [0.717, 1.165) is 10.2 Å². The summed E-state index contributed by atoms with van der Waals surface area (Å²) in [7, 11) is 0. The largest absolute Gasteiger partial charge is 0.342 e. The molecule has 2 heterocycles. The van der Waals surface area contributed by atoms with Gasteiger partial charge in [-0.3, -0.25) is 4.79 Å². The minimum Gasteiger partial charge on any atom is -0.342 e. The van der Waals surface area contributed by atoms with Crippen LogP contribution in [0.3, 0.4) is 0 Å². The zero-order chi connectivity index (χ0) is 14.0. The van der Waals surface area contributed by atoms with Crippen LogP contribution in [0.2, 0.25) is 5.02 Å². The fourth-order valence-corrected chi connectivity index (χ4v) is 2.16. The Morgan fingerprint density at radius 2 is 2.26 bits per heavy atom. The summed E-state index contributed by atoms with van der Waals surface area (Å²) >= 11 is 9.28. The highest BCUT2D eigenvalue weighted by molar-refractivity contribution is 9.10. The molecular weight excluding hydrogens is 330 g/mol. The molecule has 0 aliphatic rings. The van der Waals surface area contributed by atoms with Crippen molar-refractivity contribution in [2.24, 2.45) is 0 Å². The van der Waals surface area contributed by atoms with Crippen molar-refractivity contribution in [3.8, 4) is 0 Å². The quantitative estimate of drug-likeness (QED) is 0.920.